The van der Waals surface area contributed by atoms with E-state index in [1.165, 1.54) is 5.56 Å². The number of hydrogen-bond donors (Lipinski definition) is 1. The first kappa shape index (κ1) is 22.2. The average molecular weight is 445 g/mol. The standard InChI is InChI=1S/C27H28N2O2S/c1-18-8-5-6-11-23(18)25(31)28-21-10-7-9-19(16-21)26-29(24(30)17-32-26)22-14-12-20(13-15-22)27(2,3)4/h5-16,26H,17H2,1-4H3,(H,28,31). The molecular weight excluding hydrogens is 416 g/mol. The maximum absolute atomic E-state index is 12.8. The second-order valence-electron chi connectivity index (χ2n) is 9.12. The van der Waals surface area contributed by atoms with E-state index in [0.717, 1.165) is 22.5 Å². The number of nitrogens with one attached hydrogen (secondary N) is 1. The molecule has 4 rings (SSSR count). The molecule has 0 aliphatic carbocycles. The maximum Gasteiger partial charge on any atom is 0.255 e. The molecule has 1 heterocycles. The van der Waals surface area contributed by atoms with Gasteiger partial charge in [0.15, 0.2) is 0 Å². The Bertz CT molecular complexity index is 1150. The highest BCUT2D eigenvalue weighted by molar-refractivity contribution is 8.00. The molecule has 1 unspecified atom stereocenters. The maximum atomic E-state index is 12.8. The molecule has 3 aromatic rings. The Morgan fingerprint density at radius 2 is 1.72 bits per heavy atom. The van der Waals surface area contributed by atoms with Crippen LogP contribution in [0.25, 0.3) is 0 Å². The van der Waals surface area contributed by atoms with Crippen molar-refractivity contribution in [1.82, 2.24) is 0 Å². The van der Waals surface area contributed by atoms with Gasteiger partial charge in [-0.2, -0.15) is 0 Å². The number of nitrogens with zero attached hydrogens (tertiary/aromatic N) is 1. The average Bonchev–Trinajstić information content (AvgIpc) is 3.15. The van der Waals surface area contributed by atoms with E-state index in [-0.39, 0.29) is 22.6 Å². The van der Waals surface area contributed by atoms with Crippen molar-refractivity contribution >= 4 is 35.0 Å². The van der Waals surface area contributed by atoms with E-state index in [0.29, 0.717) is 11.3 Å². The Morgan fingerprint density at radius 3 is 2.41 bits per heavy atom. The van der Waals surface area contributed by atoms with E-state index in [1.807, 2.05) is 72.5 Å². The molecule has 5 heteroatoms. The molecule has 0 aromatic heterocycles. The van der Waals surface area contributed by atoms with Crippen LogP contribution in [0.3, 0.4) is 0 Å². The predicted octanol–water partition coefficient (Wildman–Crippen LogP) is 6.32. The molecule has 164 valence electrons. The summed E-state index contributed by atoms with van der Waals surface area (Å²) >= 11 is 1.61. The predicted molar refractivity (Wildman–Crippen MR) is 133 cm³/mol. The number of benzene rings is 3. The summed E-state index contributed by atoms with van der Waals surface area (Å²) in [6, 6.07) is 23.6. The summed E-state index contributed by atoms with van der Waals surface area (Å²) < 4.78 is 0. The van der Waals surface area contributed by atoms with Gasteiger partial charge in [0, 0.05) is 16.9 Å². The molecular formula is C27H28N2O2S. The minimum Gasteiger partial charge on any atom is -0.322 e. The minimum atomic E-state index is -0.134. The first-order valence-corrected chi connectivity index (χ1v) is 11.8. The summed E-state index contributed by atoms with van der Waals surface area (Å²) in [6.45, 7) is 8.46. The number of carbonyl (C=O) groups excluding carboxylic acids is 2. The summed E-state index contributed by atoms with van der Waals surface area (Å²) in [4.78, 5) is 27.4. The third-order valence-corrected chi connectivity index (χ3v) is 6.91. The first-order valence-electron chi connectivity index (χ1n) is 10.8. The third-order valence-electron chi connectivity index (χ3n) is 5.70. The molecule has 1 fully saturated rings. The van der Waals surface area contributed by atoms with Gasteiger partial charge in [-0.25, -0.2) is 0 Å². The van der Waals surface area contributed by atoms with Crippen LogP contribution in [0, 0.1) is 6.92 Å². The van der Waals surface area contributed by atoms with Gasteiger partial charge in [-0.3, -0.25) is 14.5 Å². The number of amides is 2. The molecule has 0 saturated carbocycles. The van der Waals surface area contributed by atoms with Crippen molar-refractivity contribution in [3.63, 3.8) is 0 Å². The summed E-state index contributed by atoms with van der Waals surface area (Å²) in [5, 5.41) is 2.87. The van der Waals surface area contributed by atoms with Gasteiger partial charge in [0.1, 0.15) is 5.37 Å². The number of carbonyl (C=O) groups is 2. The lowest BCUT2D eigenvalue weighted by atomic mass is 9.87. The molecule has 1 aliphatic heterocycles. The Kier molecular flexibility index (Phi) is 6.11. The lowest BCUT2D eigenvalue weighted by molar-refractivity contribution is -0.115. The van der Waals surface area contributed by atoms with Gasteiger partial charge in [0.25, 0.3) is 5.91 Å². The van der Waals surface area contributed by atoms with Crippen LogP contribution in [0.15, 0.2) is 72.8 Å². The van der Waals surface area contributed by atoms with Crippen LogP contribution in [0.4, 0.5) is 11.4 Å². The van der Waals surface area contributed by atoms with Crippen molar-refractivity contribution in [2.45, 2.75) is 38.5 Å². The fraction of sp³-hybridized carbons (Fsp3) is 0.259. The highest BCUT2D eigenvalue weighted by atomic mass is 32.2. The molecule has 0 spiro atoms. The van der Waals surface area contributed by atoms with Gasteiger partial charge >= 0.3 is 0 Å². The minimum absolute atomic E-state index is 0.0609. The van der Waals surface area contributed by atoms with Crippen LogP contribution in [0.1, 0.15) is 53.2 Å². The summed E-state index contributed by atoms with van der Waals surface area (Å²) in [6.07, 6.45) is 0. The van der Waals surface area contributed by atoms with Crippen molar-refractivity contribution in [3.8, 4) is 0 Å². The van der Waals surface area contributed by atoms with Crippen LogP contribution in [0.5, 0.6) is 0 Å². The molecule has 2 amide bonds. The number of anilines is 2. The van der Waals surface area contributed by atoms with E-state index >= 15 is 0 Å². The Balaban J connectivity index is 1.58. The zero-order valence-corrected chi connectivity index (χ0v) is 19.7. The monoisotopic (exact) mass is 444 g/mol. The molecule has 1 N–H and O–H groups in total. The number of rotatable bonds is 4. The molecule has 1 atom stereocenters. The summed E-state index contributed by atoms with van der Waals surface area (Å²) in [5.41, 5.74) is 5.49. The highest BCUT2D eigenvalue weighted by Gasteiger charge is 2.34. The number of hydrogen-bond acceptors (Lipinski definition) is 3. The molecule has 4 nitrogen and oxygen atoms in total. The van der Waals surface area contributed by atoms with Gasteiger partial charge < -0.3 is 5.32 Å². The quantitative estimate of drug-likeness (QED) is 0.512. The second kappa shape index (κ2) is 8.83. The highest BCUT2D eigenvalue weighted by Crippen LogP contribution is 2.42. The topological polar surface area (TPSA) is 49.4 Å². The molecule has 3 aromatic carbocycles. The summed E-state index contributed by atoms with van der Waals surface area (Å²) in [7, 11) is 0. The van der Waals surface area contributed by atoms with E-state index in [9.17, 15) is 9.59 Å². The third kappa shape index (κ3) is 4.58. The van der Waals surface area contributed by atoms with E-state index in [1.54, 1.807) is 11.8 Å². The molecule has 0 bridgehead atoms. The van der Waals surface area contributed by atoms with Gasteiger partial charge in [-0.15, -0.1) is 11.8 Å². The van der Waals surface area contributed by atoms with Gasteiger partial charge in [-0.1, -0.05) is 63.2 Å². The lowest BCUT2D eigenvalue weighted by Gasteiger charge is -2.26. The summed E-state index contributed by atoms with van der Waals surface area (Å²) in [5.74, 6) is 0.397. The Morgan fingerprint density at radius 1 is 1.00 bits per heavy atom. The van der Waals surface area contributed by atoms with Crippen LogP contribution < -0.4 is 10.2 Å². The van der Waals surface area contributed by atoms with Gasteiger partial charge in [0.05, 0.1) is 5.75 Å². The van der Waals surface area contributed by atoms with Crippen LogP contribution in [-0.4, -0.2) is 17.6 Å². The lowest BCUT2D eigenvalue weighted by Crippen LogP contribution is -2.28. The van der Waals surface area contributed by atoms with Crippen LogP contribution in [-0.2, 0) is 10.2 Å². The Labute approximate surface area is 194 Å². The van der Waals surface area contributed by atoms with Crippen molar-refractivity contribution in [2.24, 2.45) is 0 Å². The smallest absolute Gasteiger partial charge is 0.255 e. The fourth-order valence-electron chi connectivity index (χ4n) is 3.87. The van der Waals surface area contributed by atoms with E-state index in [4.69, 9.17) is 0 Å². The Hall–Kier alpha value is -3.05. The zero-order chi connectivity index (χ0) is 22.9. The van der Waals surface area contributed by atoms with Crippen molar-refractivity contribution in [3.05, 3.63) is 95.1 Å². The van der Waals surface area contributed by atoms with Crippen molar-refractivity contribution in [2.75, 3.05) is 16.0 Å². The largest absolute Gasteiger partial charge is 0.322 e. The van der Waals surface area contributed by atoms with Gasteiger partial charge in [-0.05, 0) is 59.4 Å². The first-order chi connectivity index (χ1) is 15.2. The van der Waals surface area contributed by atoms with Gasteiger partial charge in [0.2, 0.25) is 5.91 Å². The molecule has 1 saturated heterocycles. The van der Waals surface area contributed by atoms with Crippen molar-refractivity contribution in [1.29, 1.82) is 0 Å². The second-order valence-corrected chi connectivity index (χ2v) is 10.2. The molecule has 1 aliphatic rings. The zero-order valence-electron chi connectivity index (χ0n) is 18.9. The van der Waals surface area contributed by atoms with E-state index in [2.05, 4.69) is 38.2 Å². The van der Waals surface area contributed by atoms with Crippen LogP contribution >= 0.6 is 11.8 Å². The SMILES string of the molecule is Cc1ccccc1C(=O)Nc1cccc(C2SCC(=O)N2c2ccc(C(C)(C)C)cc2)c1. The number of thioether (sulfide) groups is 1. The molecule has 0 radical (unpaired) electrons. The molecule has 32 heavy (non-hydrogen) atoms. The van der Waals surface area contributed by atoms with Crippen LogP contribution in [0.2, 0.25) is 0 Å². The fourth-order valence-corrected chi connectivity index (χ4v) is 5.03. The number of aryl methyl sites for hydroxylation is 1. The van der Waals surface area contributed by atoms with E-state index < -0.39 is 0 Å². The normalized spacial score (nSPS) is 16.3. The van der Waals surface area contributed by atoms with Crippen molar-refractivity contribution < 1.29 is 9.59 Å².